The molecule has 1 fully saturated rings. The van der Waals surface area contributed by atoms with Crippen LogP contribution in [0.5, 0.6) is 0 Å². The van der Waals surface area contributed by atoms with Crippen LogP contribution in [0.2, 0.25) is 0 Å². The summed E-state index contributed by atoms with van der Waals surface area (Å²) in [5, 5.41) is 3.15. The lowest BCUT2D eigenvalue weighted by atomic mass is 10.4. The van der Waals surface area contributed by atoms with Gasteiger partial charge in [0.05, 0.1) is 0 Å². The van der Waals surface area contributed by atoms with Crippen LogP contribution in [0.4, 0.5) is 11.8 Å². The lowest BCUT2D eigenvalue weighted by Gasteiger charge is -2.18. The van der Waals surface area contributed by atoms with Gasteiger partial charge >= 0.3 is 0 Å². The monoisotopic (exact) mass is 206 g/mol. The summed E-state index contributed by atoms with van der Waals surface area (Å²) in [5.41, 5.74) is 1.02. The summed E-state index contributed by atoms with van der Waals surface area (Å²) < 4.78 is 0. The highest BCUT2D eigenvalue weighted by Gasteiger charge is 2.27. The predicted molar refractivity (Wildman–Crippen MR) is 62.4 cm³/mol. The molecule has 1 aromatic rings. The van der Waals surface area contributed by atoms with Crippen LogP contribution in [0.15, 0.2) is 6.07 Å². The number of rotatable bonds is 4. The van der Waals surface area contributed by atoms with Gasteiger partial charge in [0.15, 0.2) is 0 Å². The van der Waals surface area contributed by atoms with Gasteiger partial charge in [-0.1, -0.05) is 0 Å². The zero-order chi connectivity index (χ0) is 10.8. The Hall–Kier alpha value is -1.32. The third-order valence-corrected chi connectivity index (χ3v) is 2.63. The lowest BCUT2D eigenvalue weighted by Crippen LogP contribution is -2.21. The van der Waals surface area contributed by atoms with Gasteiger partial charge in [-0.25, -0.2) is 4.98 Å². The molecule has 0 amide bonds. The molecule has 82 valence electrons. The minimum absolute atomic E-state index is 0.689. The second-order valence-electron chi connectivity index (χ2n) is 4.06. The first kappa shape index (κ1) is 10.2. The third kappa shape index (κ3) is 2.37. The molecule has 0 atom stereocenters. The average molecular weight is 206 g/mol. The van der Waals surface area contributed by atoms with Crippen LogP contribution in [0.1, 0.15) is 25.5 Å². The molecule has 2 rings (SSSR count). The summed E-state index contributed by atoms with van der Waals surface area (Å²) in [6, 6.07) is 2.73. The fourth-order valence-corrected chi connectivity index (χ4v) is 1.62. The normalized spacial score (nSPS) is 15.1. The first-order valence-electron chi connectivity index (χ1n) is 5.53. The number of hydrogen-bond acceptors (Lipinski definition) is 4. The van der Waals surface area contributed by atoms with E-state index in [4.69, 9.17) is 0 Å². The Labute approximate surface area is 90.7 Å². The first-order chi connectivity index (χ1) is 7.20. The molecule has 1 aromatic heterocycles. The van der Waals surface area contributed by atoms with Gasteiger partial charge in [0.2, 0.25) is 5.95 Å². The molecule has 15 heavy (non-hydrogen) atoms. The first-order valence-corrected chi connectivity index (χ1v) is 5.53. The molecule has 1 N–H and O–H groups in total. The summed E-state index contributed by atoms with van der Waals surface area (Å²) in [7, 11) is 2.11. The minimum atomic E-state index is 0.689. The SMILES string of the molecule is CCNc1nc(C)cc(N(C)C2CC2)n1. The van der Waals surface area contributed by atoms with Gasteiger partial charge in [-0.3, -0.25) is 0 Å². The van der Waals surface area contributed by atoms with Crippen LogP contribution in [0.3, 0.4) is 0 Å². The van der Waals surface area contributed by atoms with Crippen molar-refractivity contribution >= 4 is 11.8 Å². The van der Waals surface area contributed by atoms with Crippen molar-refractivity contribution in [2.24, 2.45) is 0 Å². The molecule has 4 heteroatoms. The van der Waals surface area contributed by atoms with Crippen molar-refractivity contribution in [1.82, 2.24) is 9.97 Å². The molecular formula is C11H18N4. The quantitative estimate of drug-likeness (QED) is 0.815. The van der Waals surface area contributed by atoms with Gasteiger partial charge in [-0.05, 0) is 26.7 Å². The molecule has 0 bridgehead atoms. The molecule has 1 aliphatic carbocycles. The van der Waals surface area contributed by atoms with E-state index in [1.807, 2.05) is 13.0 Å². The molecule has 0 radical (unpaired) electrons. The van der Waals surface area contributed by atoms with Crippen molar-refractivity contribution in [1.29, 1.82) is 0 Å². The van der Waals surface area contributed by atoms with Crippen molar-refractivity contribution in [3.05, 3.63) is 11.8 Å². The molecule has 0 aromatic carbocycles. The number of nitrogens with one attached hydrogen (secondary N) is 1. The number of hydrogen-bond donors (Lipinski definition) is 1. The summed E-state index contributed by atoms with van der Waals surface area (Å²) in [4.78, 5) is 11.1. The molecule has 4 nitrogen and oxygen atoms in total. The maximum Gasteiger partial charge on any atom is 0.224 e. The van der Waals surface area contributed by atoms with E-state index in [-0.39, 0.29) is 0 Å². The summed E-state index contributed by atoms with van der Waals surface area (Å²) in [6.45, 7) is 4.92. The number of anilines is 2. The van der Waals surface area contributed by atoms with E-state index in [0.717, 1.165) is 24.0 Å². The van der Waals surface area contributed by atoms with Crippen LogP contribution >= 0.6 is 0 Å². The van der Waals surface area contributed by atoms with Crippen LogP contribution in [0, 0.1) is 6.92 Å². The topological polar surface area (TPSA) is 41.1 Å². The second-order valence-corrected chi connectivity index (χ2v) is 4.06. The molecule has 0 unspecified atom stereocenters. The van der Waals surface area contributed by atoms with Crippen molar-refractivity contribution in [2.75, 3.05) is 23.8 Å². The van der Waals surface area contributed by atoms with Crippen LogP contribution in [-0.2, 0) is 0 Å². The lowest BCUT2D eigenvalue weighted by molar-refractivity contribution is 0.880. The Kier molecular flexibility index (Phi) is 2.75. The Bertz CT molecular complexity index is 346. The molecule has 0 aliphatic heterocycles. The smallest absolute Gasteiger partial charge is 0.224 e. The van der Waals surface area contributed by atoms with E-state index in [1.54, 1.807) is 0 Å². The van der Waals surface area contributed by atoms with E-state index < -0.39 is 0 Å². The zero-order valence-electron chi connectivity index (χ0n) is 9.62. The molecular weight excluding hydrogens is 188 g/mol. The average Bonchev–Trinajstić information content (AvgIpc) is 2.99. The van der Waals surface area contributed by atoms with Crippen molar-refractivity contribution in [3.8, 4) is 0 Å². The van der Waals surface area contributed by atoms with E-state index in [2.05, 4.69) is 34.2 Å². The van der Waals surface area contributed by atoms with E-state index in [1.165, 1.54) is 12.8 Å². The number of nitrogens with zero attached hydrogens (tertiary/aromatic N) is 3. The van der Waals surface area contributed by atoms with E-state index in [9.17, 15) is 0 Å². The van der Waals surface area contributed by atoms with Crippen molar-refractivity contribution in [2.45, 2.75) is 32.7 Å². The van der Waals surface area contributed by atoms with Crippen LogP contribution in [-0.4, -0.2) is 29.6 Å². The fourth-order valence-electron chi connectivity index (χ4n) is 1.62. The Morgan fingerprint density at radius 3 is 2.80 bits per heavy atom. The summed E-state index contributed by atoms with van der Waals surface area (Å²) in [6.07, 6.45) is 2.58. The minimum Gasteiger partial charge on any atom is -0.357 e. The van der Waals surface area contributed by atoms with Gasteiger partial charge in [-0.15, -0.1) is 0 Å². The van der Waals surface area contributed by atoms with Crippen molar-refractivity contribution < 1.29 is 0 Å². The highest BCUT2D eigenvalue weighted by Crippen LogP contribution is 2.29. The van der Waals surface area contributed by atoms with Crippen LogP contribution < -0.4 is 10.2 Å². The second kappa shape index (κ2) is 4.04. The number of aromatic nitrogens is 2. The van der Waals surface area contributed by atoms with Gasteiger partial charge < -0.3 is 10.2 Å². The standard InChI is InChI=1S/C11H18N4/c1-4-12-11-13-8(2)7-10(14-11)15(3)9-5-6-9/h7,9H,4-6H2,1-3H3,(H,12,13,14). The molecule has 1 saturated carbocycles. The predicted octanol–water partition coefficient (Wildman–Crippen LogP) is 1.82. The fraction of sp³-hybridized carbons (Fsp3) is 0.636. The summed E-state index contributed by atoms with van der Waals surface area (Å²) >= 11 is 0. The highest BCUT2D eigenvalue weighted by molar-refractivity contribution is 5.45. The Balaban J connectivity index is 2.21. The largest absolute Gasteiger partial charge is 0.357 e. The zero-order valence-corrected chi connectivity index (χ0v) is 9.62. The van der Waals surface area contributed by atoms with Gasteiger partial charge in [-0.2, -0.15) is 4.98 Å². The Morgan fingerprint density at radius 2 is 2.20 bits per heavy atom. The van der Waals surface area contributed by atoms with E-state index in [0.29, 0.717) is 6.04 Å². The summed E-state index contributed by atoms with van der Waals surface area (Å²) in [5.74, 6) is 1.76. The molecule has 1 heterocycles. The van der Waals surface area contributed by atoms with Crippen molar-refractivity contribution in [3.63, 3.8) is 0 Å². The molecule has 0 saturated heterocycles. The molecule has 0 spiro atoms. The maximum atomic E-state index is 4.49. The van der Waals surface area contributed by atoms with Gasteiger partial charge in [0.1, 0.15) is 5.82 Å². The van der Waals surface area contributed by atoms with Crippen LogP contribution in [0.25, 0.3) is 0 Å². The number of aryl methyl sites for hydroxylation is 1. The van der Waals surface area contributed by atoms with E-state index >= 15 is 0 Å². The third-order valence-electron chi connectivity index (χ3n) is 2.63. The van der Waals surface area contributed by atoms with Gasteiger partial charge in [0, 0.05) is 31.4 Å². The Morgan fingerprint density at radius 1 is 1.47 bits per heavy atom. The highest BCUT2D eigenvalue weighted by atomic mass is 15.2. The van der Waals surface area contributed by atoms with Gasteiger partial charge in [0.25, 0.3) is 0 Å². The maximum absolute atomic E-state index is 4.49. The molecule has 1 aliphatic rings.